The first-order valence-electron chi connectivity index (χ1n) is 7.18. The molecule has 22 heavy (non-hydrogen) atoms. The van der Waals surface area contributed by atoms with E-state index >= 15 is 0 Å². The fraction of sp³-hybridized carbons (Fsp3) is 0.312. The SMILES string of the molecule is CC(C)CCNC(=O)c1cc(Nc2ccccc2F)ncn1. The van der Waals surface area contributed by atoms with Gasteiger partial charge in [0.15, 0.2) is 0 Å². The fourth-order valence-corrected chi connectivity index (χ4v) is 1.82. The van der Waals surface area contributed by atoms with E-state index in [0.717, 1.165) is 6.42 Å². The van der Waals surface area contributed by atoms with Crippen molar-refractivity contribution in [2.45, 2.75) is 20.3 Å². The van der Waals surface area contributed by atoms with Crippen LogP contribution in [0, 0.1) is 11.7 Å². The summed E-state index contributed by atoms with van der Waals surface area (Å²) < 4.78 is 13.6. The molecule has 1 aromatic carbocycles. The Morgan fingerprint density at radius 1 is 1.27 bits per heavy atom. The van der Waals surface area contributed by atoms with Crippen molar-refractivity contribution < 1.29 is 9.18 Å². The Labute approximate surface area is 129 Å². The molecule has 2 N–H and O–H groups in total. The van der Waals surface area contributed by atoms with Gasteiger partial charge in [-0.15, -0.1) is 0 Å². The molecule has 0 atom stereocenters. The Bertz CT molecular complexity index is 646. The summed E-state index contributed by atoms with van der Waals surface area (Å²) in [5.41, 5.74) is 0.546. The predicted octanol–water partition coefficient (Wildman–Crippen LogP) is 3.14. The lowest BCUT2D eigenvalue weighted by atomic mass is 10.1. The van der Waals surface area contributed by atoms with Crippen LogP contribution >= 0.6 is 0 Å². The van der Waals surface area contributed by atoms with Crippen LogP contribution in [0.2, 0.25) is 0 Å². The van der Waals surface area contributed by atoms with Gasteiger partial charge >= 0.3 is 0 Å². The smallest absolute Gasteiger partial charge is 0.270 e. The van der Waals surface area contributed by atoms with Gasteiger partial charge in [-0.1, -0.05) is 26.0 Å². The maximum Gasteiger partial charge on any atom is 0.270 e. The van der Waals surface area contributed by atoms with Crippen LogP contribution in [0.5, 0.6) is 0 Å². The lowest BCUT2D eigenvalue weighted by molar-refractivity contribution is 0.0947. The Kier molecular flexibility index (Phi) is 5.41. The molecule has 0 bridgehead atoms. The van der Waals surface area contributed by atoms with Crippen molar-refractivity contribution in [2.24, 2.45) is 5.92 Å². The molecule has 0 saturated heterocycles. The topological polar surface area (TPSA) is 66.9 Å². The number of rotatable bonds is 6. The highest BCUT2D eigenvalue weighted by atomic mass is 19.1. The van der Waals surface area contributed by atoms with Crippen LogP contribution in [0.25, 0.3) is 0 Å². The van der Waals surface area contributed by atoms with Crippen LogP contribution in [-0.2, 0) is 0 Å². The summed E-state index contributed by atoms with van der Waals surface area (Å²) >= 11 is 0. The van der Waals surface area contributed by atoms with E-state index in [1.165, 1.54) is 18.5 Å². The van der Waals surface area contributed by atoms with Crippen molar-refractivity contribution in [2.75, 3.05) is 11.9 Å². The molecule has 1 amide bonds. The molecule has 0 spiro atoms. The van der Waals surface area contributed by atoms with Crippen LogP contribution in [0.1, 0.15) is 30.8 Å². The number of para-hydroxylation sites is 1. The molecule has 5 nitrogen and oxygen atoms in total. The van der Waals surface area contributed by atoms with Crippen molar-refractivity contribution in [3.63, 3.8) is 0 Å². The average molecular weight is 302 g/mol. The fourth-order valence-electron chi connectivity index (χ4n) is 1.82. The molecular weight excluding hydrogens is 283 g/mol. The molecule has 0 aliphatic carbocycles. The number of hydrogen-bond donors (Lipinski definition) is 2. The van der Waals surface area contributed by atoms with Crippen molar-refractivity contribution in [1.82, 2.24) is 15.3 Å². The first-order valence-corrected chi connectivity index (χ1v) is 7.18. The van der Waals surface area contributed by atoms with Gasteiger partial charge in [-0.2, -0.15) is 0 Å². The lowest BCUT2D eigenvalue weighted by Gasteiger charge is -2.09. The summed E-state index contributed by atoms with van der Waals surface area (Å²) in [6, 6.07) is 7.76. The van der Waals surface area contributed by atoms with Crippen molar-refractivity contribution >= 4 is 17.4 Å². The molecule has 116 valence electrons. The number of aromatic nitrogens is 2. The zero-order chi connectivity index (χ0) is 15.9. The van der Waals surface area contributed by atoms with Crippen LogP contribution in [0.4, 0.5) is 15.9 Å². The van der Waals surface area contributed by atoms with E-state index in [1.807, 2.05) is 0 Å². The monoisotopic (exact) mass is 302 g/mol. The standard InChI is InChI=1S/C16H19FN4O/c1-11(2)7-8-18-16(22)14-9-15(20-10-19-14)21-13-6-4-3-5-12(13)17/h3-6,9-11H,7-8H2,1-2H3,(H,18,22)(H,19,20,21). The third kappa shape index (κ3) is 4.51. The van der Waals surface area contributed by atoms with Crippen LogP contribution in [-0.4, -0.2) is 22.4 Å². The minimum Gasteiger partial charge on any atom is -0.351 e. The minimum atomic E-state index is -0.385. The van der Waals surface area contributed by atoms with Gasteiger partial charge in [0.25, 0.3) is 5.91 Å². The first-order chi connectivity index (χ1) is 10.6. The Morgan fingerprint density at radius 3 is 2.77 bits per heavy atom. The van der Waals surface area contributed by atoms with Gasteiger partial charge < -0.3 is 10.6 Å². The second-order valence-electron chi connectivity index (χ2n) is 5.33. The molecule has 0 fully saturated rings. The second-order valence-corrected chi connectivity index (χ2v) is 5.33. The van der Waals surface area contributed by atoms with E-state index in [4.69, 9.17) is 0 Å². The van der Waals surface area contributed by atoms with Crippen LogP contribution in [0.15, 0.2) is 36.7 Å². The van der Waals surface area contributed by atoms with Crippen molar-refractivity contribution in [3.8, 4) is 0 Å². The number of hydrogen-bond acceptors (Lipinski definition) is 4. The zero-order valence-corrected chi connectivity index (χ0v) is 12.6. The molecule has 1 aromatic heterocycles. The predicted molar refractivity (Wildman–Crippen MR) is 83.5 cm³/mol. The minimum absolute atomic E-state index is 0.248. The summed E-state index contributed by atoms with van der Waals surface area (Å²) in [5.74, 6) is 0.238. The summed E-state index contributed by atoms with van der Waals surface area (Å²) in [5, 5.41) is 5.64. The molecule has 6 heteroatoms. The number of amides is 1. The van der Waals surface area contributed by atoms with Gasteiger partial charge in [0.1, 0.15) is 23.7 Å². The van der Waals surface area contributed by atoms with Crippen LogP contribution in [0.3, 0.4) is 0 Å². The molecule has 2 rings (SSSR count). The Hall–Kier alpha value is -2.50. The number of halogens is 1. The van der Waals surface area contributed by atoms with Gasteiger partial charge in [-0.3, -0.25) is 4.79 Å². The van der Waals surface area contributed by atoms with E-state index in [1.54, 1.807) is 18.2 Å². The second kappa shape index (κ2) is 7.49. The molecule has 0 saturated carbocycles. The van der Waals surface area contributed by atoms with Crippen molar-refractivity contribution in [3.05, 3.63) is 48.2 Å². The number of carbonyl (C=O) groups is 1. The number of nitrogens with zero attached hydrogens (tertiary/aromatic N) is 2. The first kappa shape index (κ1) is 15.9. The summed E-state index contributed by atoms with van der Waals surface area (Å²) in [6.07, 6.45) is 2.18. The highest BCUT2D eigenvalue weighted by Gasteiger charge is 2.09. The van der Waals surface area contributed by atoms with Crippen molar-refractivity contribution in [1.29, 1.82) is 0 Å². The Balaban J connectivity index is 2.03. The summed E-state index contributed by atoms with van der Waals surface area (Å²) in [7, 11) is 0. The largest absolute Gasteiger partial charge is 0.351 e. The maximum absolute atomic E-state index is 13.6. The molecule has 0 radical (unpaired) electrons. The van der Waals surface area contributed by atoms with E-state index in [2.05, 4.69) is 34.4 Å². The number of anilines is 2. The number of carbonyl (C=O) groups excluding carboxylic acids is 1. The number of benzene rings is 1. The van der Waals surface area contributed by atoms with Gasteiger partial charge in [0.05, 0.1) is 5.69 Å². The van der Waals surface area contributed by atoms with Crippen LogP contribution < -0.4 is 10.6 Å². The van der Waals surface area contributed by atoms with E-state index in [0.29, 0.717) is 24.0 Å². The normalized spacial score (nSPS) is 10.5. The molecule has 0 unspecified atom stereocenters. The Morgan fingerprint density at radius 2 is 2.05 bits per heavy atom. The van der Waals surface area contributed by atoms with E-state index in [-0.39, 0.29) is 17.4 Å². The maximum atomic E-state index is 13.6. The molecule has 2 aromatic rings. The van der Waals surface area contributed by atoms with E-state index < -0.39 is 0 Å². The quantitative estimate of drug-likeness (QED) is 0.860. The van der Waals surface area contributed by atoms with Gasteiger partial charge in [0.2, 0.25) is 0 Å². The highest BCUT2D eigenvalue weighted by molar-refractivity contribution is 5.92. The number of nitrogens with one attached hydrogen (secondary N) is 2. The van der Waals surface area contributed by atoms with Gasteiger partial charge in [0, 0.05) is 12.6 Å². The van der Waals surface area contributed by atoms with Gasteiger partial charge in [-0.05, 0) is 24.5 Å². The molecular formula is C16H19FN4O. The molecule has 0 aliphatic rings. The van der Waals surface area contributed by atoms with Gasteiger partial charge in [-0.25, -0.2) is 14.4 Å². The van der Waals surface area contributed by atoms with E-state index in [9.17, 15) is 9.18 Å². The average Bonchev–Trinajstić information content (AvgIpc) is 2.49. The molecule has 1 heterocycles. The summed E-state index contributed by atoms with van der Waals surface area (Å²) in [4.78, 5) is 19.9. The summed E-state index contributed by atoms with van der Waals surface area (Å²) in [6.45, 7) is 4.77. The lowest BCUT2D eigenvalue weighted by Crippen LogP contribution is -2.26. The molecule has 0 aliphatic heterocycles. The third-order valence-electron chi connectivity index (χ3n) is 3.04. The zero-order valence-electron chi connectivity index (χ0n) is 12.6. The highest BCUT2D eigenvalue weighted by Crippen LogP contribution is 2.17. The third-order valence-corrected chi connectivity index (χ3v) is 3.04.